The predicted octanol–water partition coefficient (Wildman–Crippen LogP) is 5.72. The number of nitrogens with one attached hydrogen (secondary N) is 1. The lowest BCUT2D eigenvalue weighted by atomic mass is 10.2. The van der Waals surface area contributed by atoms with E-state index in [0.29, 0.717) is 16.6 Å². The number of H-pyrrole nitrogens is 1. The van der Waals surface area contributed by atoms with Crippen molar-refractivity contribution in [2.24, 2.45) is 0 Å². The van der Waals surface area contributed by atoms with Gasteiger partial charge in [0.15, 0.2) is 0 Å². The van der Waals surface area contributed by atoms with Crippen molar-refractivity contribution in [2.45, 2.75) is 58.2 Å². The van der Waals surface area contributed by atoms with E-state index in [1.165, 1.54) is 5.39 Å². The number of aromatic amines is 1. The lowest BCUT2D eigenvalue weighted by molar-refractivity contribution is 0.480. The first-order chi connectivity index (χ1) is 9.37. The normalized spacial score (nSPS) is 12.8. The number of hydrogen-bond donors (Lipinski definition) is 1. The lowest BCUT2D eigenvalue weighted by Gasteiger charge is -2.42. The topological polar surface area (TPSA) is 25.0 Å². The molecule has 1 heterocycles. The molecule has 20 heavy (non-hydrogen) atoms. The molecule has 110 valence electrons. The van der Waals surface area contributed by atoms with Crippen LogP contribution < -0.4 is 4.43 Å². The van der Waals surface area contributed by atoms with Crippen molar-refractivity contribution >= 4 is 19.2 Å². The van der Waals surface area contributed by atoms with Crippen LogP contribution in [0.25, 0.3) is 10.9 Å². The van der Waals surface area contributed by atoms with E-state index in [2.05, 4.69) is 70.8 Å². The summed E-state index contributed by atoms with van der Waals surface area (Å²) in [5.74, 6) is 1.02. The Hall–Kier alpha value is -1.22. The standard InChI is InChI=1S/C17H27NOSi/c1-12(2)20(13(3)4,14(5)6)19-16-8-7-15-9-10-18-17(15)11-16/h7-14,18H,1-6H3. The van der Waals surface area contributed by atoms with Gasteiger partial charge in [0.1, 0.15) is 5.75 Å². The molecule has 0 atom stereocenters. The Morgan fingerprint density at radius 1 is 0.900 bits per heavy atom. The van der Waals surface area contributed by atoms with E-state index in [9.17, 15) is 0 Å². The Morgan fingerprint density at radius 3 is 2.05 bits per heavy atom. The van der Waals surface area contributed by atoms with Crippen LogP contribution in [-0.4, -0.2) is 13.3 Å². The highest BCUT2D eigenvalue weighted by Gasteiger charge is 2.46. The predicted molar refractivity (Wildman–Crippen MR) is 90.0 cm³/mol. The smallest absolute Gasteiger partial charge is 0.258 e. The van der Waals surface area contributed by atoms with Crippen molar-refractivity contribution in [3.05, 3.63) is 30.5 Å². The molecule has 3 heteroatoms. The second-order valence-electron chi connectivity index (χ2n) is 6.65. The van der Waals surface area contributed by atoms with E-state index in [-0.39, 0.29) is 0 Å². The number of rotatable bonds is 5. The molecule has 2 rings (SSSR count). The van der Waals surface area contributed by atoms with Gasteiger partial charge in [-0.3, -0.25) is 0 Å². The van der Waals surface area contributed by atoms with Gasteiger partial charge in [-0.1, -0.05) is 41.5 Å². The van der Waals surface area contributed by atoms with E-state index in [4.69, 9.17) is 4.43 Å². The number of benzene rings is 1. The molecule has 1 N–H and O–H groups in total. The molecule has 1 aromatic carbocycles. The summed E-state index contributed by atoms with van der Waals surface area (Å²) in [5.41, 5.74) is 2.95. The van der Waals surface area contributed by atoms with Gasteiger partial charge >= 0.3 is 0 Å². The highest BCUT2D eigenvalue weighted by atomic mass is 28.4. The summed E-state index contributed by atoms with van der Waals surface area (Å²) in [6.45, 7) is 13.9. The molecule has 0 amide bonds. The summed E-state index contributed by atoms with van der Waals surface area (Å²) in [5, 5.41) is 1.24. The zero-order valence-electron chi connectivity index (χ0n) is 13.5. The van der Waals surface area contributed by atoms with E-state index in [1.807, 2.05) is 6.20 Å². The Bertz CT molecular complexity index is 549. The monoisotopic (exact) mass is 289 g/mol. The number of fused-ring (bicyclic) bond motifs is 1. The molecule has 0 saturated heterocycles. The van der Waals surface area contributed by atoms with Crippen LogP contribution in [0.3, 0.4) is 0 Å². The Labute approximate surface area is 123 Å². The van der Waals surface area contributed by atoms with Crippen LogP contribution in [0, 0.1) is 0 Å². The highest BCUT2D eigenvalue weighted by molar-refractivity contribution is 6.78. The van der Waals surface area contributed by atoms with E-state index >= 15 is 0 Å². The second kappa shape index (κ2) is 5.64. The Balaban J connectivity index is 2.40. The zero-order chi connectivity index (χ0) is 14.9. The van der Waals surface area contributed by atoms with Crippen LogP contribution in [0.4, 0.5) is 0 Å². The van der Waals surface area contributed by atoms with Gasteiger partial charge in [0, 0.05) is 17.8 Å². The van der Waals surface area contributed by atoms with Gasteiger partial charge < -0.3 is 9.41 Å². The molecule has 0 unspecified atom stereocenters. The molecule has 1 aromatic heterocycles. The van der Waals surface area contributed by atoms with Crippen LogP contribution in [0.2, 0.25) is 16.6 Å². The first kappa shape index (κ1) is 15.2. The molecule has 0 aliphatic rings. The summed E-state index contributed by atoms with van der Waals surface area (Å²) in [6, 6.07) is 8.49. The van der Waals surface area contributed by atoms with Gasteiger partial charge in [0.25, 0.3) is 8.32 Å². The second-order valence-corrected chi connectivity index (χ2v) is 12.0. The SMILES string of the molecule is CC(C)[Si](Oc1ccc2cc[nH]c2c1)(C(C)C)C(C)C. The number of aromatic nitrogens is 1. The summed E-state index contributed by atoms with van der Waals surface area (Å²) in [6.07, 6.45) is 1.98. The van der Waals surface area contributed by atoms with Crippen molar-refractivity contribution in [3.63, 3.8) is 0 Å². The van der Waals surface area contributed by atoms with Gasteiger partial charge in [0.2, 0.25) is 0 Å². The molecular weight excluding hydrogens is 262 g/mol. The molecule has 0 saturated carbocycles. The zero-order valence-corrected chi connectivity index (χ0v) is 14.5. The first-order valence-corrected chi connectivity index (χ1v) is 9.78. The Kier molecular flexibility index (Phi) is 4.28. The molecule has 0 aliphatic heterocycles. The molecule has 0 radical (unpaired) electrons. The summed E-state index contributed by atoms with van der Waals surface area (Å²) >= 11 is 0. The minimum atomic E-state index is -1.85. The van der Waals surface area contributed by atoms with Crippen molar-refractivity contribution in [3.8, 4) is 5.75 Å². The summed E-state index contributed by atoms with van der Waals surface area (Å²) < 4.78 is 6.68. The summed E-state index contributed by atoms with van der Waals surface area (Å²) in [7, 11) is -1.85. The largest absolute Gasteiger partial charge is 0.543 e. The Morgan fingerprint density at radius 2 is 1.50 bits per heavy atom. The molecular formula is C17H27NOSi. The van der Waals surface area contributed by atoms with Gasteiger partial charge in [-0.15, -0.1) is 0 Å². The van der Waals surface area contributed by atoms with E-state index < -0.39 is 8.32 Å². The van der Waals surface area contributed by atoms with Crippen molar-refractivity contribution in [1.82, 2.24) is 4.98 Å². The first-order valence-electron chi connectivity index (χ1n) is 7.64. The van der Waals surface area contributed by atoms with Gasteiger partial charge in [0.05, 0.1) is 0 Å². The molecule has 0 aliphatic carbocycles. The summed E-state index contributed by atoms with van der Waals surface area (Å²) in [4.78, 5) is 3.27. The van der Waals surface area contributed by atoms with E-state index in [0.717, 1.165) is 11.3 Å². The van der Waals surface area contributed by atoms with Crippen LogP contribution in [0.15, 0.2) is 30.5 Å². The maximum atomic E-state index is 6.68. The van der Waals surface area contributed by atoms with Crippen LogP contribution in [-0.2, 0) is 0 Å². The minimum absolute atomic E-state index is 0.599. The molecule has 2 nitrogen and oxygen atoms in total. The maximum absolute atomic E-state index is 6.68. The quantitative estimate of drug-likeness (QED) is 0.699. The highest BCUT2D eigenvalue weighted by Crippen LogP contribution is 2.42. The van der Waals surface area contributed by atoms with Crippen LogP contribution in [0.1, 0.15) is 41.5 Å². The minimum Gasteiger partial charge on any atom is -0.543 e. The van der Waals surface area contributed by atoms with Crippen LogP contribution >= 0.6 is 0 Å². The third kappa shape index (κ3) is 2.51. The van der Waals surface area contributed by atoms with Gasteiger partial charge in [-0.05, 0) is 40.2 Å². The lowest BCUT2D eigenvalue weighted by Crippen LogP contribution is -2.50. The van der Waals surface area contributed by atoms with E-state index in [1.54, 1.807) is 0 Å². The third-order valence-corrected chi connectivity index (χ3v) is 10.5. The van der Waals surface area contributed by atoms with Crippen molar-refractivity contribution < 1.29 is 4.43 Å². The number of hydrogen-bond acceptors (Lipinski definition) is 1. The van der Waals surface area contributed by atoms with Gasteiger partial charge in [-0.2, -0.15) is 0 Å². The van der Waals surface area contributed by atoms with Crippen molar-refractivity contribution in [2.75, 3.05) is 0 Å². The third-order valence-electron chi connectivity index (χ3n) is 4.53. The van der Waals surface area contributed by atoms with Gasteiger partial charge in [-0.25, -0.2) is 0 Å². The molecule has 2 aromatic rings. The fourth-order valence-corrected chi connectivity index (χ4v) is 8.89. The molecule has 0 fully saturated rings. The molecule has 0 bridgehead atoms. The fourth-order valence-electron chi connectivity index (χ4n) is 3.65. The fraction of sp³-hybridized carbons (Fsp3) is 0.529. The average molecular weight is 289 g/mol. The van der Waals surface area contributed by atoms with Crippen LogP contribution in [0.5, 0.6) is 5.75 Å². The maximum Gasteiger partial charge on any atom is 0.258 e. The van der Waals surface area contributed by atoms with Crippen molar-refractivity contribution in [1.29, 1.82) is 0 Å². The molecule has 0 spiro atoms. The average Bonchev–Trinajstić information content (AvgIpc) is 2.81.